The molecule has 1 atom stereocenters. The summed E-state index contributed by atoms with van der Waals surface area (Å²) in [5.74, 6) is -0.290. The Morgan fingerprint density at radius 2 is 2.09 bits per heavy atom. The lowest BCUT2D eigenvalue weighted by Gasteiger charge is -2.13. The van der Waals surface area contributed by atoms with E-state index in [2.05, 4.69) is 15.8 Å². The fourth-order valence-corrected chi connectivity index (χ4v) is 2.61. The molecule has 1 unspecified atom stereocenters. The van der Waals surface area contributed by atoms with Crippen LogP contribution in [0.5, 0.6) is 0 Å². The van der Waals surface area contributed by atoms with Crippen LogP contribution in [-0.4, -0.2) is 45.6 Å². The Morgan fingerprint density at radius 3 is 2.65 bits per heavy atom. The summed E-state index contributed by atoms with van der Waals surface area (Å²) in [7, 11) is 0. The molecular formula is C14H19N3O5S. The molecule has 1 aliphatic rings. The van der Waals surface area contributed by atoms with E-state index in [4.69, 9.17) is 9.63 Å². The van der Waals surface area contributed by atoms with Crippen molar-refractivity contribution < 1.29 is 24.0 Å². The highest BCUT2D eigenvalue weighted by molar-refractivity contribution is 8.00. The molecule has 0 bridgehead atoms. The zero-order valence-electron chi connectivity index (χ0n) is 12.7. The number of hydrogen-bond acceptors (Lipinski definition) is 6. The summed E-state index contributed by atoms with van der Waals surface area (Å²) >= 11 is 1.11. The maximum Gasteiger partial charge on any atom is 0.326 e. The lowest BCUT2D eigenvalue weighted by atomic mass is 10.1. The second kappa shape index (κ2) is 8.00. The molecule has 23 heavy (non-hydrogen) atoms. The highest BCUT2D eigenvalue weighted by Gasteiger charge is 2.30. The van der Waals surface area contributed by atoms with Crippen LogP contribution in [0.3, 0.4) is 0 Å². The normalized spacial score (nSPS) is 15.0. The SMILES string of the molecule is Cc1cc(NC(=O)CSCC(=O)NC(CC2CC2)C(=O)O)no1. The summed E-state index contributed by atoms with van der Waals surface area (Å²) in [6.45, 7) is 1.71. The van der Waals surface area contributed by atoms with Gasteiger partial charge in [-0.2, -0.15) is 0 Å². The van der Waals surface area contributed by atoms with Crippen molar-refractivity contribution in [1.29, 1.82) is 0 Å². The van der Waals surface area contributed by atoms with Gasteiger partial charge in [0.2, 0.25) is 11.8 Å². The first kappa shape index (κ1) is 17.3. The number of amides is 2. The Hall–Kier alpha value is -2.03. The lowest BCUT2D eigenvalue weighted by Crippen LogP contribution is -2.42. The van der Waals surface area contributed by atoms with Gasteiger partial charge in [0.05, 0.1) is 11.5 Å². The standard InChI is InChI=1S/C14H19N3O5S/c1-8-4-11(17-22-8)16-13(19)7-23-6-12(18)15-10(14(20)21)5-9-2-3-9/h4,9-10H,2-3,5-7H2,1H3,(H,15,18)(H,20,21)(H,16,17,19). The number of carboxylic acids is 1. The van der Waals surface area contributed by atoms with Crippen LogP contribution >= 0.6 is 11.8 Å². The summed E-state index contributed by atoms with van der Waals surface area (Å²) in [5, 5.41) is 17.7. The van der Waals surface area contributed by atoms with Gasteiger partial charge >= 0.3 is 5.97 Å². The van der Waals surface area contributed by atoms with Gasteiger partial charge in [0, 0.05) is 6.07 Å². The number of aryl methyl sites for hydroxylation is 1. The van der Waals surface area contributed by atoms with Gasteiger partial charge in [0.1, 0.15) is 11.8 Å². The summed E-state index contributed by atoms with van der Waals surface area (Å²) in [6.07, 6.45) is 2.52. The maximum absolute atomic E-state index is 11.7. The molecule has 8 nitrogen and oxygen atoms in total. The molecule has 2 amide bonds. The smallest absolute Gasteiger partial charge is 0.326 e. The first-order valence-electron chi connectivity index (χ1n) is 7.27. The van der Waals surface area contributed by atoms with Gasteiger partial charge in [-0.15, -0.1) is 11.8 Å². The van der Waals surface area contributed by atoms with Crippen LogP contribution < -0.4 is 10.6 Å². The summed E-state index contributed by atoms with van der Waals surface area (Å²) < 4.78 is 4.82. The second-order valence-corrected chi connectivity index (χ2v) is 6.49. The molecule has 1 heterocycles. The Balaban J connectivity index is 1.65. The third kappa shape index (κ3) is 6.31. The van der Waals surface area contributed by atoms with Crippen molar-refractivity contribution >= 4 is 35.4 Å². The van der Waals surface area contributed by atoms with Crippen LogP contribution in [0.4, 0.5) is 5.82 Å². The first-order valence-corrected chi connectivity index (χ1v) is 8.42. The summed E-state index contributed by atoms with van der Waals surface area (Å²) in [6, 6.07) is 0.743. The number of carbonyl (C=O) groups is 3. The molecule has 1 aromatic heterocycles. The van der Waals surface area contributed by atoms with Crippen LogP contribution in [0.1, 0.15) is 25.0 Å². The van der Waals surface area contributed by atoms with E-state index in [0.29, 0.717) is 23.9 Å². The van der Waals surface area contributed by atoms with Crippen molar-refractivity contribution in [3.05, 3.63) is 11.8 Å². The van der Waals surface area contributed by atoms with Crippen LogP contribution in [0, 0.1) is 12.8 Å². The number of anilines is 1. The summed E-state index contributed by atoms with van der Waals surface area (Å²) in [4.78, 5) is 34.5. The fraction of sp³-hybridized carbons (Fsp3) is 0.571. The Labute approximate surface area is 137 Å². The molecule has 0 saturated heterocycles. The van der Waals surface area contributed by atoms with E-state index >= 15 is 0 Å². The number of carbonyl (C=O) groups excluding carboxylic acids is 2. The number of aliphatic carboxylic acids is 1. The highest BCUT2D eigenvalue weighted by atomic mass is 32.2. The molecule has 1 aliphatic carbocycles. The number of thioether (sulfide) groups is 1. The molecule has 0 aliphatic heterocycles. The molecule has 1 aromatic rings. The number of nitrogens with one attached hydrogen (secondary N) is 2. The van der Waals surface area contributed by atoms with Gasteiger partial charge in [-0.3, -0.25) is 9.59 Å². The highest BCUT2D eigenvalue weighted by Crippen LogP contribution is 2.33. The van der Waals surface area contributed by atoms with E-state index in [1.54, 1.807) is 13.0 Å². The number of rotatable bonds is 9. The van der Waals surface area contributed by atoms with E-state index in [-0.39, 0.29) is 23.3 Å². The number of aromatic nitrogens is 1. The molecular weight excluding hydrogens is 322 g/mol. The van der Waals surface area contributed by atoms with Gasteiger partial charge in [-0.25, -0.2) is 4.79 Å². The number of nitrogens with zero attached hydrogens (tertiary/aromatic N) is 1. The van der Waals surface area contributed by atoms with E-state index in [1.807, 2.05) is 0 Å². The Bertz CT molecular complexity index is 585. The van der Waals surface area contributed by atoms with Crippen molar-refractivity contribution in [2.75, 3.05) is 16.8 Å². The minimum Gasteiger partial charge on any atom is -0.480 e. The topological polar surface area (TPSA) is 122 Å². The largest absolute Gasteiger partial charge is 0.480 e. The number of hydrogen-bond donors (Lipinski definition) is 3. The molecule has 0 spiro atoms. The van der Waals surface area contributed by atoms with Crippen molar-refractivity contribution in [3.63, 3.8) is 0 Å². The third-order valence-corrected chi connectivity index (χ3v) is 4.19. The average Bonchev–Trinajstić information content (AvgIpc) is 3.19. The Morgan fingerprint density at radius 1 is 1.39 bits per heavy atom. The van der Waals surface area contributed by atoms with E-state index in [9.17, 15) is 14.4 Å². The van der Waals surface area contributed by atoms with Crippen molar-refractivity contribution in [2.24, 2.45) is 5.92 Å². The molecule has 126 valence electrons. The van der Waals surface area contributed by atoms with E-state index < -0.39 is 12.0 Å². The molecule has 0 aromatic carbocycles. The minimum atomic E-state index is -1.02. The number of carboxylic acid groups (broad SMARTS) is 1. The predicted molar refractivity (Wildman–Crippen MR) is 84.1 cm³/mol. The van der Waals surface area contributed by atoms with Crippen LogP contribution in [0.25, 0.3) is 0 Å². The summed E-state index contributed by atoms with van der Waals surface area (Å²) in [5.41, 5.74) is 0. The van der Waals surface area contributed by atoms with Gasteiger partial charge < -0.3 is 20.3 Å². The van der Waals surface area contributed by atoms with Gasteiger partial charge in [-0.05, 0) is 19.3 Å². The minimum absolute atomic E-state index is 0.0275. The second-order valence-electron chi connectivity index (χ2n) is 5.50. The zero-order valence-corrected chi connectivity index (χ0v) is 13.5. The van der Waals surface area contributed by atoms with Crippen molar-refractivity contribution in [3.8, 4) is 0 Å². The van der Waals surface area contributed by atoms with Gasteiger partial charge in [0.15, 0.2) is 5.82 Å². The Kier molecular flexibility index (Phi) is 6.03. The molecule has 9 heteroatoms. The lowest BCUT2D eigenvalue weighted by molar-refractivity contribution is -0.141. The zero-order chi connectivity index (χ0) is 16.8. The molecule has 2 rings (SSSR count). The quantitative estimate of drug-likeness (QED) is 0.613. The van der Waals surface area contributed by atoms with Crippen molar-refractivity contribution in [2.45, 2.75) is 32.2 Å². The third-order valence-electron chi connectivity index (χ3n) is 3.26. The van der Waals surface area contributed by atoms with Crippen molar-refractivity contribution in [1.82, 2.24) is 10.5 Å². The monoisotopic (exact) mass is 341 g/mol. The predicted octanol–water partition coefficient (Wildman–Crippen LogP) is 1.02. The maximum atomic E-state index is 11.7. The van der Waals surface area contributed by atoms with E-state index in [1.165, 1.54) is 0 Å². The van der Waals surface area contributed by atoms with Crippen LogP contribution in [-0.2, 0) is 14.4 Å². The van der Waals surface area contributed by atoms with Gasteiger partial charge in [0.25, 0.3) is 0 Å². The molecule has 1 saturated carbocycles. The molecule has 0 radical (unpaired) electrons. The van der Waals surface area contributed by atoms with Crippen LogP contribution in [0.15, 0.2) is 10.6 Å². The van der Waals surface area contributed by atoms with E-state index in [0.717, 1.165) is 24.6 Å². The average molecular weight is 341 g/mol. The molecule has 1 fully saturated rings. The van der Waals surface area contributed by atoms with Gasteiger partial charge in [-0.1, -0.05) is 18.0 Å². The first-order chi connectivity index (χ1) is 10.9. The van der Waals surface area contributed by atoms with Crippen LogP contribution in [0.2, 0.25) is 0 Å². The fourth-order valence-electron chi connectivity index (χ4n) is 1.99. The molecule has 3 N–H and O–H groups in total.